The van der Waals surface area contributed by atoms with Gasteiger partial charge in [-0.1, -0.05) is 6.07 Å². The Labute approximate surface area is 162 Å². The Morgan fingerprint density at radius 3 is 2.56 bits per heavy atom. The Bertz CT molecular complexity index is 885. The smallest absolute Gasteiger partial charge is 0.263 e. The average Bonchev–Trinajstić information content (AvgIpc) is 3.40. The zero-order valence-electron chi connectivity index (χ0n) is 14.7. The molecule has 2 aromatic rings. The molecule has 27 heavy (non-hydrogen) atoms. The number of carbonyl (C=O) groups excluding carboxylic acids is 1. The van der Waals surface area contributed by atoms with Crippen molar-refractivity contribution in [1.29, 1.82) is 0 Å². The maximum absolute atomic E-state index is 12.4. The topological polar surface area (TPSA) is 88.6 Å². The highest BCUT2D eigenvalue weighted by molar-refractivity contribution is 7.93. The van der Waals surface area contributed by atoms with Gasteiger partial charge in [0.05, 0.1) is 22.0 Å². The second kappa shape index (κ2) is 7.47. The van der Waals surface area contributed by atoms with Gasteiger partial charge in [-0.3, -0.25) is 9.52 Å². The minimum atomic E-state index is -3.28. The largest absolute Gasteiger partial charge is 0.474 e. The van der Waals surface area contributed by atoms with Crippen LogP contribution in [0.15, 0.2) is 35.8 Å². The number of thiophene rings is 1. The van der Waals surface area contributed by atoms with E-state index in [4.69, 9.17) is 4.74 Å². The van der Waals surface area contributed by atoms with E-state index < -0.39 is 10.0 Å². The molecule has 0 bridgehead atoms. The fraction of sp³-hybridized carbons (Fsp3) is 0.444. The molecule has 1 N–H and O–H groups in total. The molecule has 0 unspecified atom stereocenters. The van der Waals surface area contributed by atoms with Gasteiger partial charge in [-0.25, -0.2) is 13.4 Å². The number of carbonyl (C=O) groups is 1. The van der Waals surface area contributed by atoms with Crippen molar-refractivity contribution in [2.75, 3.05) is 17.8 Å². The number of amides is 1. The molecule has 144 valence electrons. The van der Waals surface area contributed by atoms with Crippen molar-refractivity contribution in [3.8, 4) is 5.88 Å². The van der Waals surface area contributed by atoms with Crippen molar-refractivity contribution in [3.63, 3.8) is 0 Å². The van der Waals surface area contributed by atoms with Crippen LogP contribution in [0, 0.1) is 0 Å². The summed E-state index contributed by atoms with van der Waals surface area (Å²) in [5.41, 5.74) is 0.450. The van der Waals surface area contributed by atoms with Gasteiger partial charge in [-0.2, -0.15) is 0 Å². The third kappa shape index (κ3) is 4.41. The Morgan fingerprint density at radius 2 is 1.96 bits per heavy atom. The third-order valence-electron chi connectivity index (χ3n) is 4.71. The maximum Gasteiger partial charge on any atom is 0.263 e. The summed E-state index contributed by atoms with van der Waals surface area (Å²) in [5.74, 6) is 0.543. The number of rotatable bonds is 6. The summed E-state index contributed by atoms with van der Waals surface area (Å²) in [6.45, 7) is 1.31. The van der Waals surface area contributed by atoms with E-state index in [1.807, 2.05) is 22.4 Å². The van der Waals surface area contributed by atoms with Crippen LogP contribution >= 0.6 is 11.3 Å². The molecule has 1 aliphatic heterocycles. The van der Waals surface area contributed by atoms with E-state index in [2.05, 4.69) is 9.71 Å². The van der Waals surface area contributed by atoms with Gasteiger partial charge in [0.1, 0.15) is 6.10 Å². The van der Waals surface area contributed by atoms with Crippen molar-refractivity contribution in [2.45, 2.75) is 37.0 Å². The van der Waals surface area contributed by atoms with Gasteiger partial charge in [0, 0.05) is 32.0 Å². The third-order valence-corrected chi connectivity index (χ3v) is 7.44. The van der Waals surface area contributed by atoms with Crippen LogP contribution in [0.25, 0.3) is 0 Å². The predicted molar refractivity (Wildman–Crippen MR) is 104 cm³/mol. The first kappa shape index (κ1) is 18.2. The van der Waals surface area contributed by atoms with Crippen molar-refractivity contribution in [3.05, 3.63) is 40.7 Å². The van der Waals surface area contributed by atoms with Crippen LogP contribution in [-0.4, -0.2) is 48.7 Å². The molecule has 4 rings (SSSR count). The van der Waals surface area contributed by atoms with Gasteiger partial charge >= 0.3 is 0 Å². The van der Waals surface area contributed by atoms with Crippen LogP contribution < -0.4 is 9.46 Å². The normalized spacial score (nSPS) is 18.3. The zero-order chi connectivity index (χ0) is 18.9. The summed E-state index contributed by atoms with van der Waals surface area (Å²) in [7, 11) is -3.28. The minimum Gasteiger partial charge on any atom is -0.474 e. The van der Waals surface area contributed by atoms with Crippen molar-refractivity contribution in [2.24, 2.45) is 0 Å². The lowest BCUT2D eigenvalue weighted by Gasteiger charge is -2.31. The lowest BCUT2D eigenvalue weighted by molar-refractivity contribution is 0.0592. The number of likely N-dealkylation sites (tertiary alicyclic amines) is 1. The standard InChI is InChI=1S/C18H21N3O4S2/c22-18(16-2-1-11-26-16)21-9-7-14(8-10-21)25-17-6-3-13(12-19-17)20-27(23,24)15-4-5-15/h1-3,6,11-12,14-15,20H,4-5,7-10H2. The van der Waals surface area contributed by atoms with E-state index in [0.29, 0.717) is 24.7 Å². The van der Waals surface area contributed by atoms with Gasteiger partial charge in [-0.15, -0.1) is 11.3 Å². The van der Waals surface area contributed by atoms with E-state index in [1.165, 1.54) is 17.5 Å². The summed E-state index contributed by atoms with van der Waals surface area (Å²) < 4.78 is 32.3. The molecular weight excluding hydrogens is 386 g/mol. The molecule has 0 radical (unpaired) electrons. The zero-order valence-corrected chi connectivity index (χ0v) is 16.3. The van der Waals surface area contributed by atoms with E-state index in [0.717, 1.165) is 30.6 Å². The van der Waals surface area contributed by atoms with Crippen LogP contribution in [0.5, 0.6) is 5.88 Å². The summed E-state index contributed by atoms with van der Waals surface area (Å²) in [4.78, 5) is 19.2. The van der Waals surface area contributed by atoms with Gasteiger partial charge < -0.3 is 9.64 Å². The Morgan fingerprint density at radius 1 is 1.19 bits per heavy atom. The Balaban J connectivity index is 1.28. The lowest BCUT2D eigenvalue weighted by atomic mass is 10.1. The number of pyridine rings is 1. The lowest BCUT2D eigenvalue weighted by Crippen LogP contribution is -2.41. The quantitative estimate of drug-likeness (QED) is 0.795. The van der Waals surface area contributed by atoms with E-state index in [-0.39, 0.29) is 17.3 Å². The number of hydrogen-bond donors (Lipinski definition) is 1. The number of aromatic nitrogens is 1. The number of nitrogens with zero attached hydrogens (tertiary/aromatic N) is 2. The molecule has 1 aliphatic carbocycles. The molecule has 0 spiro atoms. The van der Waals surface area contributed by atoms with Crippen LogP contribution in [0.3, 0.4) is 0 Å². The van der Waals surface area contributed by atoms with Crippen LogP contribution in [0.4, 0.5) is 5.69 Å². The van der Waals surface area contributed by atoms with E-state index in [9.17, 15) is 13.2 Å². The molecule has 2 aliphatic rings. The molecule has 0 atom stereocenters. The molecule has 2 aromatic heterocycles. The maximum atomic E-state index is 12.4. The SMILES string of the molecule is O=C(c1cccs1)N1CCC(Oc2ccc(NS(=O)(=O)C3CC3)cn2)CC1. The summed E-state index contributed by atoms with van der Waals surface area (Å²) >= 11 is 1.46. The molecule has 1 saturated carbocycles. The van der Waals surface area contributed by atoms with Gasteiger partial charge in [0.25, 0.3) is 5.91 Å². The summed E-state index contributed by atoms with van der Waals surface area (Å²) in [6, 6.07) is 7.07. The van der Waals surface area contributed by atoms with Crippen molar-refractivity contribution in [1.82, 2.24) is 9.88 Å². The van der Waals surface area contributed by atoms with Gasteiger partial charge in [-0.05, 0) is 30.4 Å². The number of piperidine rings is 1. The number of nitrogens with one attached hydrogen (secondary N) is 1. The van der Waals surface area contributed by atoms with E-state index >= 15 is 0 Å². The first-order valence-electron chi connectivity index (χ1n) is 8.98. The molecular formula is C18H21N3O4S2. The van der Waals surface area contributed by atoms with Crippen LogP contribution in [0.1, 0.15) is 35.4 Å². The molecule has 1 saturated heterocycles. The highest BCUT2D eigenvalue weighted by Crippen LogP contribution is 2.30. The second-order valence-electron chi connectivity index (χ2n) is 6.82. The highest BCUT2D eigenvalue weighted by Gasteiger charge is 2.35. The molecule has 0 aromatic carbocycles. The Kier molecular flexibility index (Phi) is 5.05. The molecule has 1 amide bonds. The molecule has 3 heterocycles. The number of ether oxygens (including phenoxy) is 1. The average molecular weight is 408 g/mol. The molecule has 7 nitrogen and oxygen atoms in total. The predicted octanol–water partition coefficient (Wildman–Crippen LogP) is 2.73. The number of sulfonamides is 1. The van der Waals surface area contributed by atoms with Crippen LogP contribution in [0.2, 0.25) is 0 Å². The first-order chi connectivity index (χ1) is 13.0. The fourth-order valence-electron chi connectivity index (χ4n) is 3.04. The fourth-order valence-corrected chi connectivity index (χ4v) is 5.10. The van der Waals surface area contributed by atoms with Gasteiger partial charge in [0.15, 0.2) is 0 Å². The van der Waals surface area contributed by atoms with Crippen molar-refractivity contribution < 1.29 is 17.9 Å². The number of anilines is 1. The second-order valence-corrected chi connectivity index (χ2v) is 9.73. The highest BCUT2D eigenvalue weighted by atomic mass is 32.2. The monoisotopic (exact) mass is 407 g/mol. The molecule has 2 fully saturated rings. The number of hydrogen-bond acceptors (Lipinski definition) is 6. The van der Waals surface area contributed by atoms with E-state index in [1.54, 1.807) is 12.1 Å². The van der Waals surface area contributed by atoms with Crippen LogP contribution in [-0.2, 0) is 10.0 Å². The Hall–Kier alpha value is -2.13. The first-order valence-corrected chi connectivity index (χ1v) is 11.4. The van der Waals surface area contributed by atoms with Gasteiger partial charge in [0.2, 0.25) is 15.9 Å². The summed E-state index contributed by atoms with van der Waals surface area (Å²) in [6.07, 6.45) is 4.41. The molecule has 9 heteroatoms. The van der Waals surface area contributed by atoms with Crippen molar-refractivity contribution >= 4 is 33.0 Å². The summed E-state index contributed by atoms with van der Waals surface area (Å²) in [5, 5.41) is 1.64. The minimum absolute atomic E-state index is 0.00103.